The van der Waals surface area contributed by atoms with Crippen molar-refractivity contribution in [3.63, 3.8) is 0 Å². The molecule has 6 rings (SSSR count). The van der Waals surface area contributed by atoms with Crippen LogP contribution in [0.3, 0.4) is 0 Å². The first-order chi connectivity index (χ1) is 13.2. The molecule has 0 unspecified atom stereocenters. The predicted molar refractivity (Wildman–Crippen MR) is 97.6 cm³/mol. The molecule has 0 bridgehead atoms. The lowest BCUT2D eigenvalue weighted by Crippen LogP contribution is -2.56. The van der Waals surface area contributed by atoms with E-state index in [1.165, 1.54) is 0 Å². The van der Waals surface area contributed by atoms with Crippen molar-refractivity contribution in [1.82, 2.24) is 0 Å². The molecule has 4 aliphatic rings. The lowest BCUT2D eigenvalue weighted by atomic mass is 9.76. The van der Waals surface area contributed by atoms with E-state index in [0.717, 1.165) is 28.7 Å². The Balaban J connectivity index is 1.59. The second kappa shape index (κ2) is 5.21. The highest BCUT2D eigenvalue weighted by molar-refractivity contribution is 6.06. The molecule has 0 atom stereocenters. The van der Waals surface area contributed by atoms with Crippen molar-refractivity contribution >= 4 is 16.6 Å². The molecule has 2 aromatic rings. The Labute approximate surface area is 156 Å². The highest BCUT2D eigenvalue weighted by Gasteiger charge is 2.58. The maximum Gasteiger partial charge on any atom is 0.300 e. The standard InChI is InChI=1S/C22H18O5/c23-16-9-11-22(20-15(16)6-3-10-21(20)24-12-13-25-21)26-17-7-1-4-14-5-2-8-18(27-22)19(14)17/h1-2,4-5,7-9,11H,3,6,10,12-13H2. The van der Waals surface area contributed by atoms with Gasteiger partial charge in [-0.15, -0.1) is 0 Å². The van der Waals surface area contributed by atoms with E-state index in [1.807, 2.05) is 36.4 Å². The molecule has 2 aromatic carbocycles. The third-order valence-corrected chi connectivity index (χ3v) is 5.82. The Bertz CT molecular complexity index is 1000. The molecule has 1 fully saturated rings. The van der Waals surface area contributed by atoms with Gasteiger partial charge in [-0.1, -0.05) is 24.3 Å². The molecule has 2 heterocycles. The summed E-state index contributed by atoms with van der Waals surface area (Å²) in [4.78, 5) is 12.7. The van der Waals surface area contributed by atoms with Gasteiger partial charge >= 0.3 is 5.79 Å². The van der Waals surface area contributed by atoms with Gasteiger partial charge in [0.15, 0.2) is 11.6 Å². The van der Waals surface area contributed by atoms with Gasteiger partial charge in [0.25, 0.3) is 0 Å². The monoisotopic (exact) mass is 362 g/mol. The lowest BCUT2D eigenvalue weighted by molar-refractivity contribution is -0.176. The number of allylic oxidation sites excluding steroid dienone is 2. The van der Waals surface area contributed by atoms with Gasteiger partial charge in [0, 0.05) is 18.1 Å². The smallest absolute Gasteiger partial charge is 0.300 e. The van der Waals surface area contributed by atoms with Crippen molar-refractivity contribution in [1.29, 1.82) is 0 Å². The van der Waals surface area contributed by atoms with Gasteiger partial charge in [-0.2, -0.15) is 0 Å². The largest absolute Gasteiger partial charge is 0.444 e. The highest BCUT2D eigenvalue weighted by atomic mass is 16.8. The summed E-state index contributed by atoms with van der Waals surface area (Å²) < 4.78 is 25.0. The average molecular weight is 362 g/mol. The van der Waals surface area contributed by atoms with Gasteiger partial charge in [-0.25, -0.2) is 0 Å². The van der Waals surface area contributed by atoms with Crippen molar-refractivity contribution in [3.05, 3.63) is 59.7 Å². The van der Waals surface area contributed by atoms with Crippen LogP contribution in [0.4, 0.5) is 0 Å². The summed E-state index contributed by atoms with van der Waals surface area (Å²) in [6, 6.07) is 11.9. The number of fused-ring (bicyclic) bond motifs is 2. The highest BCUT2D eigenvalue weighted by Crippen LogP contribution is 2.52. The summed E-state index contributed by atoms with van der Waals surface area (Å²) in [6.45, 7) is 0.994. The fourth-order valence-corrected chi connectivity index (χ4v) is 4.77. The quantitative estimate of drug-likeness (QED) is 0.716. The number of ether oxygens (including phenoxy) is 4. The van der Waals surface area contributed by atoms with Gasteiger partial charge < -0.3 is 18.9 Å². The van der Waals surface area contributed by atoms with Gasteiger partial charge in [0.1, 0.15) is 11.5 Å². The van der Waals surface area contributed by atoms with Crippen molar-refractivity contribution in [3.8, 4) is 11.5 Å². The second-order valence-corrected chi connectivity index (χ2v) is 7.34. The van der Waals surface area contributed by atoms with E-state index in [0.29, 0.717) is 37.2 Å². The zero-order valence-corrected chi connectivity index (χ0v) is 14.7. The fourth-order valence-electron chi connectivity index (χ4n) is 4.77. The van der Waals surface area contributed by atoms with Crippen LogP contribution in [-0.2, 0) is 14.3 Å². The molecule has 2 aliphatic heterocycles. The van der Waals surface area contributed by atoms with Crippen molar-refractivity contribution in [2.45, 2.75) is 30.8 Å². The molecule has 0 saturated carbocycles. The molecule has 0 amide bonds. The van der Waals surface area contributed by atoms with E-state index in [1.54, 1.807) is 12.2 Å². The zero-order chi connectivity index (χ0) is 18.1. The van der Waals surface area contributed by atoms with Gasteiger partial charge in [0.05, 0.1) is 24.2 Å². The van der Waals surface area contributed by atoms with Crippen LogP contribution in [0.2, 0.25) is 0 Å². The van der Waals surface area contributed by atoms with E-state index < -0.39 is 11.6 Å². The molecule has 0 N–H and O–H groups in total. The maximum absolute atomic E-state index is 12.7. The van der Waals surface area contributed by atoms with E-state index in [2.05, 4.69) is 0 Å². The number of benzene rings is 2. The summed E-state index contributed by atoms with van der Waals surface area (Å²) in [5.74, 6) is -0.721. The Hall–Kier alpha value is -2.63. The molecule has 5 heteroatoms. The molecule has 2 spiro atoms. The van der Waals surface area contributed by atoms with Crippen LogP contribution in [0.25, 0.3) is 10.8 Å². The van der Waals surface area contributed by atoms with Crippen LogP contribution in [0, 0.1) is 0 Å². The molecule has 0 aromatic heterocycles. The Kier molecular flexibility index (Phi) is 2.98. The van der Waals surface area contributed by atoms with Crippen LogP contribution < -0.4 is 9.47 Å². The summed E-state index contributed by atoms with van der Waals surface area (Å²) in [7, 11) is 0. The summed E-state index contributed by atoms with van der Waals surface area (Å²) in [5, 5.41) is 1.99. The molecule has 1 saturated heterocycles. The number of rotatable bonds is 0. The maximum atomic E-state index is 12.7. The van der Waals surface area contributed by atoms with Crippen LogP contribution in [-0.4, -0.2) is 30.6 Å². The van der Waals surface area contributed by atoms with E-state index in [4.69, 9.17) is 18.9 Å². The summed E-state index contributed by atoms with van der Waals surface area (Å²) in [6.07, 6.45) is 5.46. The topological polar surface area (TPSA) is 54.0 Å². The van der Waals surface area contributed by atoms with Crippen LogP contribution in [0.1, 0.15) is 19.3 Å². The Morgan fingerprint density at radius 2 is 1.63 bits per heavy atom. The number of ketones is 1. The Morgan fingerprint density at radius 1 is 0.926 bits per heavy atom. The fraction of sp³-hybridized carbons (Fsp3) is 0.318. The third kappa shape index (κ3) is 1.98. The molecule has 27 heavy (non-hydrogen) atoms. The molecule has 2 aliphatic carbocycles. The van der Waals surface area contributed by atoms with Crippen LogP contribution in [0.15, 0.2) is 59.7 Å². The molecule has 136 valence electrons. The van der Waals surface area contributed by atoms with Crippen molar-refractivity contribution in [2.75, 3.05) is 13.2 Å². The minimum Gasteiger partial charge on any atom is -0.444 e. The predicted octanol–water partition coefficient (Wildman–Crippen LogP) is 3.67. The van der Waals surface area contributed by atoms with E-state index in [-0.39, 0.29) is 5.78 Å². The zero-order valence-electron chi connectivity index (χ0n) is 14.7. The third-order valence-electron chi connectivity index (χ3n) is 5.82. The summed E-state index contributed by atoms with van der Waals surface area (Å²) in [5.41, 5.74) is 1.37. The molecule has 5 nitrogen and oxygen atoms in total. The van der Waals surface area contributed by atoms with E-state index in [9.17, 15) is 4.79 Å². The first kappa shape index (κ1) is 15.4. The Morgan fingerprint density at radius 3 is 2.33 bits per heavy atom. The summed E-state index contributed by atoms with van der Waals surface area (Å²) >= 11 is 0. The number of carbonyl (C=O) groups is 1. The molecule has 0 radical (unpaired) electrons. The minimum absolute atomic E-state index is 0.0157. The number of carbonyl (C=O) groups excluding carboxylic acids is 1. The van der Waals surface area contributed by atoms with Crippen LogP contribution in [0.5, 0.6) is 11.5 Å². The van der Waals surface area contributed by atoms with Crippen molar-refractivity contribution in [2.24, 2.45) is 0 Å². The molecular weight excluding hydrogens is 344 g/mol. The lowest BCUT2D eigenvalue weighted by Gasteiger charge is -2.47. The average Bonchev–Trinajstić information content (AvgIpc) is 3.14. The second-order valence-electron chi connectivity index (χ2n) is 7.34. The number of hydrogen-bond acceptors (Lipinski definition) is 5. The van der Waals surface area contributed by atoms with Gasteiger partial charge in [-0.05, 0) is 36.4 Å². The number of hydrogen-bond donors (Lipinski definition) is 0. The molecular formula is C22H18O5. The van der Waals surface area contributed by atoms with E-state index >= 15 is 0 Å². The van der Waals surface area contributed by atoms with Crippen molar-refractivity contribution < 1.29 is 23.7 Å². The first-order valence-corrected chi connectivity index (χ1v) is 9.36. The first-order valence-electron chi connectivity index (χ1n) is 9.36. The SMILES string of the molecule is O=C1C=CC2(Oc3cccc4cccc(c34)O2)C2=C1CCCC21OCCO1. The van der Waals surface area contributed by atoms with Gasteiger partial charge in [-0.3, -0.25) is 4.79 Å². The van der Waals surface area contributed by atoms with Gasteiger partial charge in [0.2, 0.25) is 0 Å². The van der Waals surface area contributed by atoms with Crippen LogP contribution >= 0.6 is 0 Å². The normalized spacial score (nSPS) is 24.2. The minimum atomic E-state index is -1.23.